The molecule has 184 valence electrons. The predicted octanol–water partition coefficient (Wildman–Crippen LogP) is 8.54. The molecule has 0 amide bonds. The van der Waals surface area contributed by atoms with E-state index in [1.807, 2.05) is 0 Å². The number of rotatable bonds is 2. The minimum atomic E-state index is 0.0401. The maximum Gasteiger partial charge on any atom is 0.220 e. The molecule has 5 aromatic rings. The molecular formula is C34H39N2+. The molecule has 3 aromatic carbocycles. The molecular weight excluding hydrogens is 436 g/mol. The fraction of sp³-hybridized carbons (Fsp3) is 0.353. The van der Waals surface area contributed by atoms with Gasteiger partial charge < -0.3 is 0 Å². The van der Waals surface area contributed by atoms with Gasteiger partial charge in [-0.1, -0.05) is 71.9 Å². The van der Waals surface area contributed by atoms with Crippen LogP contribution >= 0.6 is 0 Å². The van der Waals surface area contributed by atoms with E-state index in [1.165, 1.54) is 54.9 Å². The van der Waals surface area contributed by atoms with Crippen molar-refractivity contribution >= 4 is 32.4 Å². The number of fused-ring (bicyclic) bond motifs is 4. The van der Waals surface area contributed by atoms with Crippen LogP contribution in [0.2, 0.25) is 0 Å². The average molecular weight is 476 g/mol. The summed E-state index contributed by atoms with van der Waals surface area (Å²) in [4.78, 5) is 5.08. The Kier molecular flexibility index (Phi) is 5.70. The van der Waals surface area contributed by atoms with Crippen LogP contribution in [-0.4, -0.2) is 4.98 Å². The lowest BCUT2D eigenvalue weighted by atomic mass is 9.80. The third-order valence-corrected chi connectivity index (χ3v) is 7.40. The number of nitrogens with zero attached hydrogens (tertiary/aromatic N) is 2. The smallest absolute Gasteiger partial charge is 0.220 e. The summed E-state index contributed by atoms with van der Waals surface area (Å²) in [5, 5.41) is 6.44. The summed E-state index contributed by atoms with van der Waals surface area (Å²) in [7, 11) is 2.17. The Labute approximate surface area is 216 Å². The first-order chi connectivity index (χ1) is 16.8. The highest BCUT2D eigenvalue weighted by atomic mass is 14.9. The molecule has 5 rings (SSSR count). The third kappa shape index (κ3) is 4.17. The molecule has 36 heavy (non-hydrogen) atoms. The Balaban J connectivity index is 1.88. The molecule has 0 aliphatic rings. The second-order valence-corrected chi connectivity index (χ2v) is 12.8. The first kappa shape index (κ1) is 24.4. The van der Waals surface area contributed by atoms with E-state index < -0.39 is 0 Å². The lowest BCUT2D eigenvalue weighted by Gasteiger charge is -2.24. The molecule has 0 spiro atoms. The van der Waals surface area contributed by atoms with Crippen molar-refractivity contribution in [1.29, 1.82) is 0 Å². The maximum absolute atomic E-state index is 5.08. The minimum Gasteiger partial charge on any atom is -0.252 e. The summed E-state index contributed by atoms with van der Waals surface area (Å²) in [6.45, 7) is 18.3. The van der Waals surface area contributed by atoms with Gasteiger partial charge in [0.1, 0.15) is 7.05 Å². The van der Waals surface area contributed by atoms with Crippen molar-refractivity contribution in [3.63, 3.8) is 0 Å². The largest absolute Gasteiger partial charge is 0.252 e. The molecule has 0 unspecified atom stereocenters. The number of hydrogen-bond donors (Lipinski definition) is 0. The lowest BCUT2D eigenvalue weighted by molar-refractivity contribution is -0.659. The van der Waals surface area contributed by atoms with E-state index in [1.54, 1.807) is 0 Å². The van der Waals surface area contributed by atoms with Crippen LogP contribution in [0.1, 0.15) is 63.9 Å². The van der Waals surface area contributed by atoms with E-state index in [0.717, 1.165) is 17.6 Å². The zero-order chi connectivity index (χ0) is 26.0. The molecule has 0 saturated carbocycles. The van der Waals surface area contributed by atoms with E-state index in [2.05, 4.69) is 128 Å². The highest BCUT2D eigenvalue weighted by Gasteiger charge is 2.25. The van der Waals surface area contributed by atoms with E-state index >= 15 is 0 Å². The standard InChI is InChI=1S/C34H39N2/c1-21-18-23(20-33(3,4)5)25-14-15-28-27(31(25)35-21)16-17-36(9)32(28)29-19-30(34(6,7)8)26-13-11-10-12-24(26)22(29)2/h10-19H,20H2,1-9H3/q+1. The van der Waals surface area contributed by atoms with Gasteiger partial charge in [-0.2, -0.15) is 0 Å². The molecule has 0 atom stereocenters. The van der Waals surface area contributed by atoms with Gasteiger partial charge in [-0.3, -0.25) is 4.98 Å². The normalized spacial score (nSPS) is 12.7. The fourth-order valence-electron chi connectivity index (χ4n) is 5.79. The molecule has 2 nitrogen and oxygen atoms in total. The van der Waals surface area contributed by atoms with Crippen LogP contribution in [0.15, 0.2) is 60.8 Å². The second-order valence-electron chi connectivity index (χ2n) is 12.8. The molecule has 0 bridgehead atoms. The second kappa shape index (κ2) is 8.40. The van der Waals surface area contributed by atoms with Crippen molar-refractivity contribution in [1.82, 2.24) is 4.98 Å². The summed E-state index contributed by atoms with van der Waals surface area (Å²) in [5.74, 6) is 0. The number of aromatic nitrogens is 2. The Bertz CT molecular complexity index is 1640. The van der Waals surface area contributed by atoms with Crippen molar-refractivity contribution in [3.8, 4) is 11.3 Å². The predicted molar refractivity (Wildman–Crippen MR) is 155 cm³/mol. The molecule has 0 fully saturated rings. The van der Waals surface area contributed by atoms with Crippen molar-refractivity contribution in [2.45, 2.75) is 67.2 Å². The van der Waals surface area contributed by atoms with Crippen LogP contribution < -0.4 is 4.57 Å². The van der Waals surface area contributed by atoms with Gasteiger partial charge in [0.15, 0.2) is 6.20 Å². The molecule has 2 heteroatoms. The van der Waals surface area contributed by atoms with Crippen molar-refractivity contribution in [3.05, 3.63) is 83.2 Å². The van der Waals surface area contributed by atoms with Gasteiger partial charge >= 0.3 is 0 Å². The summed E-state index contributed by atoms with van der Waals surface area (Å²) in [6.07, 6.45) is 3.24. The van der Waals surface area contributed by atoms with E-state index in [0.29, 0.717) is 0 Å². The van der Waals surface area contributed by atoms with Crippen LogP contribution in [0.5, 0.6) is 0 Å². The minimum absolute atomic E-state index is 0.0401. The zero-order valence-electron chi connectivity index (χ0n) is 23.4. The Morgan fingerprint density at radius 1 is 0.750 bits per heavy atom. The summed E-state index contributed by atoms with van der Waals surface area (Å²) in [5.41, 5.74) is 9.11. The molecule has 0 aliphatic heterocycles. The van der Waals surface area contributed by atoms with Gasteiger partial charge in [-0.25, -0.2) is 4.57 Å². The zero-order valence-corrected chi connectivity index (χ0v) is 23.4. The number of pyridine rings is 2. The third-order valence-electron chi connectivity index (χ3n) is 7.40. The highest BCUT2D eigenvalue weighted by Crippen LogP contribution is 2.40. The van der Waals surface area contributed by atoms with Gasteiger partial charge in [0.25, 0.3) is 0 Å². The summed E-state index contributed by atoms with van der Waals surface area (Å²) < 4.78 is 2.28. The average Bonchev–Trinajstić information content (AvgIpc) is 2.78. The lowest BCUT2D eigenvalue weighted by Crippen LogP contribution is -2.31. The highest BCUT2D eigenvalue weighted by molar-refractivity contribution is 6.10. The summed E-state index contributed by atoms with van der Waals surface area (Å²) in [6, 6.07) is 20.4. The van der Waals surface area contributed by atoms with E-state index in [-0.39, 0.29) is 10.8 Å². The van der Waals surface area contributed by atoms with Crippen LogP contribution in [-0.2, 0) is 18.9 Å². The van der Waals surface area contributed by atoms with E-state index in [4.69, 9.17) is 4.98 Å². The quantitative estimate of drug-likeness (QED) is 0.185. The number of hydrogen-bond acceptors (Lipinski definition) is 1. The summed E-state index contributed by atoms with van der Waals surface area (Å²) >= 11 is 0. The molecule has 0 saturated heterocycles. The first-order valence-corrected chi connectivity index (χ1v) is 13.1. The van der Waals surface area contributed by atoms with Crippen LogP contribution in [0.4, 0.5) is 0 Å². The SMILES string of the molecule is Cc1cc(CC(C)(C)C)c2ccc3c(-c4cc(C(C)(C)C)c5ccccc5c4C)[n+](C)ccc3c2n1. The first-order valence-electron chi connectivity index (χ1n) is 13.1. The van der Waals surface area contributed by atoms with Crippen molar-refractivity contribution in [2.24, 2.45) is 12.5 Å². The number of aryl methyl sites for hydroxylation is 3. The molecule has 2 aromatic heterocycles. The van der Waals surface area contributed by atoms with Gasteiger partial charge in [0.2, 0.25) is 5.69 Å². The molecule has 2 heterocycles. The van der Waals surface area contributed by atoms with Gasteiger partial charge in [-0.15, -0.1) is 0 Å². The molecule has 0 aliphatic carbocycles. The molecule has 0 N–H and O–H groups in total. The Hall–Kier alpha value is -3.26. The van der Waals surface area contributed by atoms with Gasteiger partial charge in [-0.05, 0) is 76.8 Å². The van der Waals surface area contributed by atoms with Gasteiger partial charge in [0, 0.05) is 22.5 Å². The molecule has 0 radical (unpaired) electrons. The van der Waals surface area contributed by atoms with Gasteiger partial charge in [0.05, 0.1) is 16.5 Å². The maximum atomic E-state index is 5.08. The van der Waals surface area contributed by atoms with Crippen molar-refractivity contribution in [2.75, 3.05) is 0 Å². The number of benzene rings is 3. The van der Waals surface area contributed by atoms with E-state index in [9.17, 15) is 0 Å². The Morgan fingerprint density at radius 3 is 2.08 bits per heavy atom. The van der Waals surface area contributed by atoms with Crippen LogP contribution in [0.3, 0.4) is 0 Å². The van der Waals surface area contributed by atoms with Crippen LogP contribution in [0.25, 0.3) is 43.7 Å². The van der Waals surface area contributed by atoms with Crippen molar-refractivity contribution < 1.29 is 4.57 Å². The van der Waals surface area contributed by atoms with Crippen LogP contribution in [0, 0.1) is 19.3 Å². The monoisotopic (exact) mass is 475 g/mol. The topological polar surface area (TPSA) is 16.8 Å². The fourth-order valence-corrected chi connectivity index (χ4v) is 5.79. The Morgan fingerprint density at radius 2 is 1.42 bits per heavy atom.